The lowest BCUT2D eigenvalue weighted by Crippen LogP contribution is -2.61. The fourth-order valence-electron chi connectivity index (χ4n) is 2.46. The molecular formula is C13H15N3O3. The van der Waals surface area contributed by atoms with Crippen molar-refractivity contribution in [2.75, 3.05) is 36.5 Å². The van der Waals surface area contributed by atoms with Gasteiger partial charge >= 0.3 is 5.97 Å². The Kier molecular flexibility index (Phi) is 2.67. The van der Waals surface area contributed by atoms with Crippen LogP contribution in [0.4, 0.5) is 11.4 Å². The van der Waals surface area contributed by atoms with Gasteiger partial charge in [0.05, 0.1) is 29.5 Å². The van der Waals surface area contributed by atoms with E-state index in [2.05, 4.69) is 5.32 Å². The number of fused-ring (bicyclic) bond motifs is 1. The number of hydrogen-bond acceptors (Lipinski definition) is 4. The molecule has 1 aromatic carbocycles. The predicted octanol–water partition coefficient (Wildman–Crippen LogP) is 0.139. The molecule has 0 unspecified atom stereocenters. The number of nitrogens with one attached hydrogen (secondary N) is 1. The molecule has 1 fully saturated rings. The minimum absolute atomic E-state index is 0.0301. The van der Waals surface area contributed by atoms with Gasteiger partial charge in [-0.25, -0.2) is 4.79 Å². The van der Waals surface area contributed by atoms with E-state index < -0.39 is 5.97 Å². The Labute approximate surface area is 110 Å². The Hall–Kier alpha value is -2.08. The molecule has 2 N–H and O–H groups in total. The van der Waals surface area contributed by atoms with Crippen LogP contribution in [-0.4, -0.2) is 49.7 Å². The lowest BCUT2D eigenvalue weighted by Gasteiger charge is -2.44. The van der Waals surface area contributed by atoms with Crippen LogP contribution in [-0.2, 0) is 4.79 Å². The van der Waals surface area contributed by atoms with Crippen LogP contribution >= 0.6 is 0 Å². The van der Waals surface area contributed by atoms with Crippen LogP contribution < -0.4 is 15.1 Å². The van der Waals surface area contributed by atoms with Crippen molar-refractivity contribution in [2.24, 2.45) is 0 Å². The minimum Gasteiger partial charge on any atom is -0.478 e. The zero-order valence-electron chi connectivity index (χ0n) is 10.6. The molecule has 3 rings (SSSR count). The van der Waals surface area contributed by atoms with Crippen molar-refractivity contribution in [1.29, 1.82) is 0 Å². The van der Waals surface area contributed by atoms with Crippen molar-refractivity contribution < 1.29 is 14.7 Å². The molecule has 0 saturated carbocycles. The first-order valence-corrected chi connectivity index (χ1v) is 6.19. The number of likely N-dealkylation sites (N-methyl/N-ethyl adjacent to an activating group) is 1. The van der Waals surface area contributed by atoms with Crippen molar-refractivity contribution in [1.82, 2.24) is 5.32 Å². The second-order valence-corrected chi connectivity index (χ2v) is 4.90. The number of benzene rings is 1. The zero-order valence-corrected chi connectivity index (χ0v) is 10.6. The van der Waals surface area contributed by atoms with E-state index in [1.165, 1.54) is 6.07 Å². The maximum atomic E-state index is 12.0. The summed E-state index contributed by atoms with van der Waals surface area (Å²) in [4.78, 5) is 26.6. The normalized spacial score (nSPS) is 19.1. The third-order valence-corrected chi connectivity index (χ3v) is 3.77. The van der Waals surface area contributed by atoms with Gasteiger partial charge in [0.1, 0.15) is 0 Å². The van der Waals surface area contributed by atoms with Gasteiger partial charge < -0.3 is 20.2 Å². The first-order chi connectivity index (χ1) is 9.08. The highest BCUT2D eigenvalue weighted by Gasteiger charge is 2.34. The van der Waals surface area contributed by atoms with Gasteiger partial charge in [0, 0.05) is 20.1 Å². The molecule has 1 amide bonds. The number of carbonyl (C=O) groups is 2. The van der Waals surface area contributed by atoms with E-state index in [0.29, 0.717) is 6.54 Å². The van der Waals surface area contributed by atoms with Gasteiger partial charge in [-0.15, -0.1) is 0 Å². The van der Waals surface area contributed by atoms with Gasteiger partial charge in [-0.05, 0) is 18.2 Å². The van der Waals surface area contributed by atoms with Gasteiger partial charge in [0.15, 0.2) is 0 Å². The Bertz CT molecular complexity index is 554. The third-order valence-electron chi connectivity index (χ3n) is 3.77. The molecule has 0 atom stereocenters. The fourth-order valence-corrected chi connectivity index (χ4v) is 2.46. The van der Waals surface area contributed by atoms with Crippen molar-refractivity contribution >= 4 is 23.3 Å². The summed E-state index contributed by atoms with van der Waals surface area (Å²) >= 11 is 0. The molecule has 0 radical (unpaired) electrons. The smallest absolute Gasteiger partial charge is 0.335 e. The maximum Gasteiger partial charge on any atom is 0.335 e. The van der Waals surface area contributed by atoms with Crippen LogP contribution in [0.15, 0.2) is 18.2 Å². The van der Waals surface area contributed by atoms with Crippen LogP contribution in [0.5, 0.6) is 0 Å². The van der Waals surface area contributed by atoms with E-state index in [4.69, 9.17) is 5.11 Å². The maximum absolute atomic E-state index is 12.0. The Morgan fingerprint density at radius 2 is 2.11 bits per heavy atom. The Morgan fingerprint density at radius 3 is 2.68 bits per heavy atom. The van der Waals surface area contributed by atoms with Crippen LogP contribution in [0.2, 0.25) is 0 Å². The molecule has 1 aromatic rings. The van der Waals surface area contributed by atoms with E-state index in [9.17, 15) is 9.59 Å². The number of aromatic carboxylic acids is 1. The van der Waals surface area contributed by atoms with Crippen LogP contribution in [0.1, 0.15) is 10.4 Å². The number of carbonyl (C=O) groups excluding carboxylic acids is 1. The van der Waals surface area contributed by atoms with Crippen LogP contribution in [0.25, 0.3) is 0 Å². The van der Waals surface area contributed by atoms with Crippen molar-refractivity contribution in [3.05, 3.63) is 23.8 Å². The molecule has 6 nitrogen and oxygen atoms in total. The second-order valence-electron chi connectivity index (χ2n) is 4.90. The highest BCUT2D eigenvalue weighted by Crippen LogP contribution is 2.35. The first-order valence-electron chi connectivity index (χ1n) is 6.19. The van der Waals surface area contributed by atoms with Crippen molar-refractivity contribution in [3.63, 3.8) is 0 Å². The van der Waals surface area contributed by atoms with Gasteiger partial charge in [0.25, 0.3) is 0 Å². The summed E-state index contributed by atoms with van der Waals surface area (Å²) in [7, 11) is 1.72. The van der Waals surface area contributed by atoms with Gasteiger partial charge in [0.2, 0.25) is 5.91 Å². The fraction of sp³-hybridized carbons (Fsp3) is 0.385. The predicted molar refractivity (Wildman–Crippen MR) is 70.8 cm³/mol. The average molecular weight is 261 g/mol. The summed E-state index contributed by atoms with van der Waals surface area (Å²) in [5, 5.41) is 12.3. The van der Waals surface area contributed by atoms with E-state index in [1.807, 2.05) is 4.90 Å². The minimum atomic E-state index is -0.950. The molecule has 19 heavy (non-hydrogen) atoms. The van der Waals surface area contributed by atoms with Gasteiger partial charge in [-0.3, -0.25) is 4.79 Å². The van der Waals surface area contributed by atoms with Crippen LogP contribution in [0, 0.1) is 0 Å². The standard InChI is InChI=1S/C13H15N3O3/c1-15-10-3-2-8(13(18)19)4-11(10)16(7-12(15)17)9-5-14-6-9/h2-4,9,14H,5-7H2,1H3,(H,18,19). The number of amides is 1. The molecule has 0 spiro atoms. The molecule has 6 heteroatoms. The molecule has 2 aliphatic heterocycles. The lowest BCUT2D eigenvalue weighted by molar-refractivity contribution is -0.117. The second kappa shape index (κ2) is 4.24. The van der Waals surface area contributed by atoms with Gasteiger partial charge in [-0.2, -0.15) is 0 Å². The topological polar surface area (TPSA) is 72.9 Å². The Morgan fingerprint density at radius 1 is 1.37 bits per heavy atom. The largest absolute Gasteiger partial charge is 0.478 e. The summed E-state index contributed by atoms with van der Waals surface area (Å²) in [6.07, 6.45) is 0. The molecule has 1 saturated heterocycles. The molecule has 0 aliphatic carbocycles. The summed E-state index contributed by atoms with van der Waals surface area (Å²) < 4.78 is 0. The van der Waals surface area contributed by atoms with Crippen LogP contribution in [0.3, 0.4) is 0 Å². The van der Waals surface area contributed by atoms with E-state index in [0.717, 1.165) is 24.5 Å². The number of nitrogens with zero attached hydrogens (tertiary/aromatic N) is 2. The highest BCUT2D eigenvalue weighted by atomic mass is 16.4. The van der Waals surface area contributed by atoms with E-state index in [-0.39, 0.29) is 17.5 Å². The number of hydrogen-bond donors (Lipinski definition) is 2. The number of anilines is 2. The van der Waals surface area contributed by atoms with E-state index >= 15 is 0 Å². The third kappa shape index (κ3) is 1.84. The molecular weight excluding hydrogens is 246 g/mol. The summed E-state index contributed by atoms with van der Waals surface area (Å²) in [6.45, 7) is 1.96. The quantitative estimate of drug-likeness (QED) is 0.792. The summed E-state index contributed by atoms with van der Waals surface area (Å²) in [5.41, 5.74) is 1.85. The number of carboxylic acids is 1. The van der Waals surface area contributed by atoms with Crippen molar-refractivity contribution in [3.8, 4) is 0 Å². The van der Waals surface area contributed by atoms with Gasteiger partial charge in [-0.1, -0.05) is 0 Å². The first kappa shape index (κ1) is 12.0. The Balaban J connectivity index is 2.07. The van der Waals surface area contributed by atoms with E-state index in [1.54, 1.807) is 24.1 Å². The molecule has 100 valence electrons. The molecule has 2 aliphatic rings. The number of carboxylic acid groups (broad SMARTS) is 1. The summed E-state index contributed by atoms with van der Waals surface area (Å²) in [5.74, 6) is -0.920. The summed E-state index contributed by atoms with van der Waals surface area (Å²) in [6, 6.07) is 5.15. The average Bonchev–Trinajstić information content (AvgIpc) is 2.32. The molecule has 2 heterocycles. The number of rotatable bonds is 2. The molecule has 0 aromatic heterocycles. The van der Waals surface area contributed by atoms with Crippen molar-refractivity contribution in [2.45, 2.75) is 6.04 Å². The molecule has 0 bridgehead atoms. The lowest BCUT2D eigenvalue weighted by atomic mass is 10.0. The zero-order chi connectivity index (χ0) is 13.6. The SMILES string of the molecule is CN1C(=O)CN(C2CNC2)c2cc(C(=O)O)ccc21. The monoisotopic (exact) mass is 261 g/mol. The highest BCUT2D eigenvalue weighted by molar-refractivity contribution is 6.04.